The molecule has 9 nitrogen and oxygen atoms in total. The van der Waals surface area contributed by atoms with Gasteiger partial charge in [0.1, 0.15) is 6.61 Å². The van der Waals surface area contributed by atoms with E-state index < -0.39 is 54.4 Å². The molecule has 1 N–H and O–H groups in total. The highest BCUT2D eigenvalue weighted by atomic mass is 16.6. The van der Waals surface area contributed by atoms with Crippen LogP contribution in [0, 0.1) is 0 Å². The van der Waals surface area contributed by atoms with E-state index in [0.29, 0.717) is 0 Å². The SMILES string of the molecule is CC(=O)OC1C=CC(OC(C)=O)C(O)(COC(=O)c2ccccc2)C1OC(C)=O. The van der Waals surface area contributed by atoms with Crippen LogP contribution in [0.25, 0.3) is 0 Å². The molecule has 0 radical (unpaired) electrons. The molecule has 0 spiro atoms. The van der Waals surface area contributed by atoms with Crippen molar-refractivity contribution in [1.82, 2.24) is 0 Å². The fraction of sp³-hybridized carbons (Fsp3) is 0.400. The van der Waals surface area contributed by atoms with Gasteiger partial charge in [0, 0.05) is 20.8 Å². The number of carbonyl (C=O) groups is 4. The largest absolute Gasteiger partial charge is 0.459 e. The Morgan fingerprint density at radius 3 is 2.03 bits per heavy atom. The summed E-state index contributed by atoms with van der Waals surface area (Å²) in [6.45, 7) is 2.67. The summed E-state index contributed by atoms with van der Waals surface area (Å²) >= 11 is 0. The summed E-state index contributed by atoms with van der Waals surface area (Å²) in [5.41, 5.74) is -1.97. The second-order valence-electron chi connectivity index (χ2n) is 6.45. The molecule has 1 aliphatic rings. The van der Waals surface area contributed by atoms with Gasteiger partial charge in [-0.1, -0.05) is 18.2 Å². The minimum Gasteiger partial charge on any atom is -0.459 e. The average Bonchev–Trinajstić information content (AvgIpc) is 2.65. The Kier molecular flexibility index (Phi) is 7.11. The van der Waals surface area contributed by atoms with Crippen molar-refractivity contribution in [3.8, 4) is 0 Å². The molecule has 1 aromatic carbocycles. The molecule has 0 fully saturated rings. The summed E-state index contributed by atoms with van der Waals surface area (Å²) < 4.78 is 20.6. The number of esters is 4. The number of aliphatic hydroxyl groups is 1. The molecular formula is C20H22O9. The van der Waals surface area contributed by atoms with E-state index in [-0.39, 0.29) is 5.56 Å². The second kappa shape index (κ2) is 9.33. The molecule has 0 saturated carbocycles. The molecule has 1 aliphatic carbocycles. The number of rotatable bonds is 6. The van der Waals surface area contributed by atoms with E-state index in [9.17, 15) is 24.3 Å². The van der Waals surface area contributed by atoms with Gasteiger partial charge in [-0.05, 0) is 24.3 Å². The van der Waals surface area contributed by atoms with Crippen molar-refractivity contribution in [2.45, 2.75) is 44.7 Å². The lowest BCUT2D eigenvalue weighted by molar-refractivity contribution is -0.217. The highest BCUT2D eigenvalue weighted by Gasteiger charge is 2.55. The molecule has 4 unspecified atom stereocenters. The third kappa shape index (κ3) is 5.64. The first kappa shape index (κ1) is 22.1. The monoisotopic (exact) mass is 406 g/mol. The highest BCUT2D eigenvalue weighted by molar-refractivity contribution is 5.89. The lowest BCUT2D eigenvalue weighted by atomic mass is 9.82. The predicted octanol–water partition coefficient (Wildman–Crippen LogP) is 0.939. The van der Waals surface area contributed by atoms with Gasteiger partial charge in [-0.2, -0.15) is 0 Å². The number of benzene rings is 1. The first-order valence-corrected chi connectivity index (χ1v) is 8.78. The van der Waals surface area contributed by atoms with Crippen molar-refractivity contribution in [1.29, 1.82) is 0 Å². The van der Waals surface area contributed by atoms with Crippen molar-refractivity contribution in [3.63, 3.8) is 0 Å². The van der Waals surface area contributed by atoms with Gasteiger partial charge < -0.3 is 24.1 Å². The molecule has 0 aromatic heterocycles. The van der Waals surface area contributed by atoms with Crippen LogP contribution in [0.3, 0.4) is 0 Å². The number of ether oxygens (including phenoxy) is 4. The predicted molar refractivity (Wildman–Crippen MR) is 97.5 cm³/mol. The molecule has 4 atom stereocenters. The van der Waals surface area contributed by atoms with Crippen LogP contribution in [-0.2, 0) is 33.3 Å². The van der Waals surface area contributed by atoms with Gasteiger partial charge in [0.25, 0.3) is 0 Å². The fourth-order valence-electron chi connectivity index (χ4n) is 2.89. The van der Waals surface area contributed by atoms with Crippen molar-refractivity contribution >= 4 is 23.9 Å². The summed E-state index contributed by atoms with van der Waals surface area (Å²) in [5.74, 6) is -2.94. The first-order chi connectivity index (χ1) is 13.6. The molecule has 1 aromatic rings. The van der Waals surface area contributed by atoms with Gasteiger partial charge in [0.15, 0.2) is 23.9 Å². The van der Waals surface area contributed by atoms with Crippen LogP contribution in [0.2, 0.25) is 0 Å². The summed E-state index contributed by atoms with van der Waals surface area (Å²) in [7, 11) is 0. The molecule has 156 valence electrons. The normalized spacial score (nSPS) is 25.6. The van der Waals surface area contributed by atoms with Crippen LogP contribution in [0.15, 0.2) is 42.5 Å². The Balaban J connectivity index is 2.35. The van der Waals surface area contributed by atoms with E-state index in [2.05, 4.69) is 0 Å². The fourth-order valence-corrected chi connectivity index (χ4v) is 2.89. The van der Waals surface area contributed by atoms with E-state index in [4.69, 9.17) is 18.9 Å². The standard InChI is InChI=1S/C20H22O9/c1-12(21)27-16-9-10-17(28-13(2)22)20(25,18(16)29-14(3)23)11-26-19(24)15-7-5-4-6-8-15/h4-10,16-18,25H,11H2,1-3H3. The first-order valence-electron chi connectivity index (χ1n) is 8.78. The average molecular weight is 406 g/mol. The van der Waals surface area contributed by atoms with Crippen LogP contribution < -0.4 is 0 Å². The third-order valence-electron chi connectivity index (χ3n) is 4.09. The molecule has 2 rings (SSSR count). The topological polar surface area (TPSA) is 125 Å². The molecule has 0 aliphatic heterocycles. The van der Waals surface area contributed by atoms with Crippen LogP contribution in [-0.4, -0.2) is 59.5 Å². The Hall–Kier alpha value is -3.20. The minimum absolute atomic E-state index is 0.229. The van der Waals surface area contributed by atoms with Crippen LogP contribution >= 0.6 is 0 Å². The molecule has 0 bridgehead atoms. The number of hydrogen-bond acceptors (Lipinski definition) is 9. The Bertz CT molecular complexity index is 801. The summed E-state index contributed by atoms with van der Waals surface area (Å²) in [6, 6.07) is 8.01. The second-order valence-corrected chi connectivity index (χ2v) is 6.45. The van der Waals surface area contributed by atoms with Gasteiger partial charge in [0.2, 0.25) is 0 Å². The van der Waals surface area contributed by atoms with E-state index >= 15 is 0 Å². The molecular weight excluding hydrogens is 384 g/mol. The van der Waals surface area contributed by atoms with E-state index in [1.807, 2.05) is 0 Å². The lowest BCUT2D eigenvalue weighted by Gasteiger charge is -2.43. The Morgan fingerprint density at radius 2 is 1.48 bits per heavy atom. The van der Waals surface area contributed by atoms with Gasteiger partial charge in [-0.15, -0.1) is 0 Å². The maximum absolute atomic E-state index is 12.3. The third-order valence-corrected chi connectivity index (χ3v) is 4.09. The van der Waals surface area contributed by atoms with Crippen LogP contribution in [0.4, 0.5) is 0 Å². The zero-order valence-electron chi connectivity index (χ0n) is 16.2. The molecule has 0 saturated heterocycles. The van der Waals surface area contributed by atoms with Crippen LogP contribution in [0.1, 0.15) is 31.1 Å². The van der Waals surface area contributed by atoms with E-state index in [1.54, 1.807) is 18.2 Å². The molecule has 0 heterocycles. The maximum Gasteiger partial charge on any atom is 0.338 e. The zero-order valence-corrected chi connectivity index (χ0v) is 16.2. The molecule has 29 heavy (non-hydrogen) atoms. The van der Waals surface area contributed by atoms with Gasteiger partial charge >= 0.3 is 23.9 Å². The lowest BCUT2D eigenvalue weighted by Crippen LogP contribution is -2.64. The van der Waals surface area contributed by atoms with Gasteiger partial charge in [0.05, 0.1) is 5.56 Å². The smallest absolute Gasteiger partial charge is 0.338 e. The van der Waals surface area contributed by atoms with Crippen molar-refractivity contribution in [2.75, 3.05) is 6.61 Å². The van der Waals surface area contributed by atoms with Gasteiger partial charge in [-0.25, -0.2) is 4.79 Å². The minimum atomic E-state index is -2.20. The number of hydrogen-bond donors (Lipinski definition) is 1. The summed E-state index contributed by atoms with van der Waals surface area (Å²) in [5, 5.41) is 11.3. The van der Waals surface area contributed by atoms with E-state index in [1.165, 1.54) is 24.3 Å². The summed E-state index contributed by atoms with van der Waals surface area (Å²) in [6.07, 6.45) is -1.37. The maximum atomic E-state index is 12.3. The summed E-state index contributed by atoms with van der Waals surface area (Å²) in [4.78, 5) is 46.8. The number of carbonyl (C=O) groups excluding carboxylic acids is 4. The molecule has 9 heteroatoms. The van der Waals surface area contributed by atoms with Gasteiger partial charge in [-0.3, -0.25) is 14.4 Å². The van der Waals surface area contributed by atoms with Crippen LogP contribution in [0.5, 0.6) is 0 Å². The Morgan fingerprint density at radius 1 is 0.897 bits per heavy atom. The quantitative estimate of drug-likeness (QED) is 0.417. The van der Waals surface area contributed by atoms with E-state index in [0.717, 1.165) is 20.8 Å². The molecule has 0 amide bonds. The van der Waals surface area contributed by atoms with Crippen molar-refractivity contribution in [2.24, 2.45) is 0 Å². The zero-order chi connectivity index (χ0) is 21.6. The van der Waals surface area contributed by atoms with Crippen molar-refractivity contribution < 1.29 is 43.2 Å². The van der Waals surface area contributed by atoms with Crippen molar-refractivity contribution in [3.05, 3.63) is 48.0 Å². The Labute approximate surface area is 167 Å². The highest BCUT2D eigenvalue weighted by Crippen LogP contribution is 2.32.